The molecular weight excluding hydrogens is 292 g/mol. The van der Waals surface area contributed by atoms with Crippen molar-refractivity contribution in [2.45, 2.75) is 38.9 Å². The predicted octanol–water partition coefficient (Wildman–Crippen LogP) is 2.99. The molecule has 18 heavy (non-hydrogen) atoms. The second kappa shape index (κ2) is 5.61. The number of nitrogens with zero attached hydrogens (tertiary/aromatic N) is 4. The van der Waals surface area contributed by atoms with Crippen molar-refractivity contribution in [2.75, 3.05) is 0 Å². The van der Waals surface area contributed by atoms with Crippen LogP contribution in [0.15, 0.2) is 12.3 Å². The Balaban J connectivity index is 2.50. The van der Waals surface area contributed by atoms with E-state index in [0.29, 0.717) is 0 Å². The van der Waals surface area contributed by atoms with Crippen molar-refractivity contribution in [3.8, 4) is 5.82 Å². The summed E-state index contributed by atoms with van der Waals surface area (Å²) in [5.74, 6) is 2.72. The van der Waals surface area contributed by atoms with Gasteiger partial charge in [-0.3, -0.25) is 0 Å². The highest BCUT2D eigenvalue weighted by Gasteiger charge is 2.12. The van der Waals surface area contributed by atoms with E-state index in [1.807, 2.05) is 10.9 Å². The number of aryl methyl sites for hydroxylation is 3. The first-order valence-corrected chi connectivity index (χ1v) is 7.28. The lowest BCUT2D eigenvalue weighted by Gasteiger charge is -2.07. The summed E-state index contributed by atoms with van der Waals surface area (Å²) in [6.07, 6.45) is 3.58. The lowest BCUT2D eigenvalue weighted by atomic mass is 10.2. The summed E-state index contributed by atoms with van der Waals surface area (Å²) in [4.78, 5) is 9.02. The van der Waals surface area contributed by atoms with Crippen LogP contribution in [0.1, 0.15) is 36.6 Å². The van der Waals surface area contributed by atoms with Crippen LogP contribution >= 0.6 is 15.9 Å². The van der Waals surface area contributed by atoms with E-state index < -0.39 is 0 Å². The molecule has 5 heteroatoms. The Hall–Kier alpha value is -1.23. The molecule has 96 valence electrons. The molecular formula is C13H17BrN4. The molecule has 0 aliphatic carbocycles. The quantitative estimate of drug-likeness (QED) is 0.816. The zero-order valence-corrected chi connectivity index (χ0v) is 12.5. The van der Waals surface area contributed by atoms with E-state index in [1.54, 1.807) is 0 Å². The van der Waals surface area contributed by atoms with Gasteiger partial charge in [0.15, 0.2) is 11.6 Å². The minimum Gasteiger partial charge on any atom is -0.236 e. The van der Waals surface area contributed by atoms with Crippen LogP contribution < -0.4 is 0 Å². The number of rotatable bonds is 4. The maximum absolute atomic E-state index is 4.52. The predicted molar refractivity (Wildman–Crippen MR) is 75.3 cm³/mol. The maximum Gasteiger partial charge on any atom is 0.158 e. The summed E-state index contributed by atoms with van der Waals surface area (Å²) in [6, 6.07) is 2.13. The fourth-order valence-corrected chi connectivity index (χ4v) is 2.17. The van der Waals surface area contributed by atoms with Gasteiger partial charge in [-0.2, -0.15) is 4.68 Å². The average molecular weight is 309 g/mol. The van der Waals surface area contributed by atoms with Gasteiger partial charge in [0.2, 0.25) is 0 Å². The monoisotopic (exact) mass is 308 g/mol. The number of pyridine rings is 1. The molecule has 0 unspecified atom stereocenters. The summed E-state index contributed by atoms with van der Waals surface area (Å²) in [6.45, 7) is 6.21. The van der Waals surface area contributed by atoms with Crippen LogP contribution in [0.25, 0.3) is 5.82 Å². The third kappa shape index (κ3) is 2.46. The maximum atomic E-state index is 4.52. The van der Waals surface area contributed by atoms with Gasteiger partial charge in [-0.15, -0.1) is 5.10 Å². The molecule has 2 rings (SSSR count). The van der Waals surface area contributed by atoms with E-state index in [0.717, 1.165) is 41.2 Å². The van der Waals surface area contributed by atoms with Crippen molar-refractivity contribution < 1.29 is 0 Å². The third-order valence-corrected chi connectivity index (χ3v) is 3.46. The van der Waals surface area contributed by atoms with Crippen LogP contribution in [0.3, 0.4) is 0 Å². The smallest absolute Gasteiger partial charge is 0.158 e. The van der Waals surface area contributed by atoms with E-state index in [4.69, 9.17) is 0 Å². The van der Waals surface area contributed by atoms with Crippen molar-refractivity contribution in [3.63, 3.8) is 0 Å². The van der Waals surface area contributed by atoms with Crippen molar-refractivity contribution in [2.24, 2.45) is 0 Å². The molecule has 0 saturated heterocycles. The molecule has 2 aromatic heterocycles. The van der Waals surface area contributed by atoms with Crippen LogP contribution in [0.4, 0.5) is 0 Å². The molecule has 0 aromatic carbocycles. The summed E-state index contributed by atoms with van der Waals surface area (Å²) < 4.78 is 1.87. The Bertz CT molecular complexity index is 548. The van der Waals surface area contributed by atoms with Crippen LogP contribution in [0, 0.1) is 6.92 Å². The van der Waals surface area contributed by atoms with Crippen LogP contribution in [-0.4, -0.2) is 19.7 Å². The van der Waals surface area contributed by atoms with Crippen molar-refractivity contribution in [1.82, 2.24) is 19.7 Å². The second-order valence-electron chi connectivity index (χ2n) is 4.18. The molecule has 0 aliphatic rings. The highest BCUT2D eigenvalue weighted by atomic mass is 79.9. The first kappa shape index (κ1) is 13.2. The van der Waals surface area contributed by atoms with Gasteiger partial charge in [-0.1, -0.05) is 29.8 Å². The molecule has 0 radical (unpaired) electrons. The molecule has 0 bridgehead atoms. The van der Waals surface area contributed by atoms with Gasteiger partial charge < -0.3 is 0 Å². The zero-order chi connectivity index (χ0) is 13.1. The zero-order valence-electron chi connectivity index (χ0n) is 10.9. The molecule has 2 heterocycles. The first-order chi connectivity index (χ1) is 8.69. The van der Waals surface area contributed by atoms with Gasteiger partial charge >= 0.3 is 0 Å². The molecule has 0 amide bonds. The molecule has 4 nitrogen and oxygen atoms in total. The SMILES string of the molecule is CCc1nc(CC)n(-c2ncc(CBr)cc2C)n1. The Kier molecular flexibility index (Phi) is 4.11. The first-order valence-electron chi connectivity index (χ1n) is 6.16. The highest BCUT2D eigenvalue weighted by molar-refractivity contribution is 9.08. The Morgan fingerprint density at radius 2 is 2.06 bits per heavy atom. The third-order valence-electron chi connectivity index (χ3n) is 2.81. The Morgan fingerprint density at radius 1 is 1.28 bits per heavy atom. The molecule has 2 aromatic rings. The van der Waals surface area contributed by atoms with Gasteiger partial charge in [0.25, 0.3) is 0 Å². The fraction of sp³-hybridized carbons (Fsp3) is 0.462. The standard InChI is InChI=1S/C13H17BrN4/c1-4-11-16-12(5-2)18(17-11)13-9(3)6-10(7-14)8-15-13/h6,8H,4-5,7H2,1-3H3. The van der Waals surface area contributed by atoms with E-state index in [-0.39, 0.29) is 0 Å². The second-order valence-corrected chi connectivity index (χ2v) is 4.74. The van der Waals surface area contributed by atoms with Gasteiger partial charge in [-0.05, 0) is 24.1 Å². The summed E-state index contributed by atoms with van der Waals surface area (Å²) in [5.41, 5.74) is 2.29. The summed E-state index contributed by atoms with van der Waals surface area (Å²) >= 11 is 3.44. The van der Waals surface area contributed by atoms with Gasteiger partial charge in [-0.25, -0.2) is 9.97 Å². The highest BCUT2D eigenvalue weighted by Crippen LogP contribution is 2.16. The number of hydrogen-bond donors (Lipinski definition) is 0. The number of hydrogen-bond acceptors (Lipinski definition) is 3. The van der Waals surface area contributed by atoms with Crippen molar-refractivity contribution in [1.29, 1.82) is 0 Å². The van der Waals surface area contributed by atoms with E-state index in [2.05, 4.69) is 57.8 Å². The van der Waals surface area contributed by atoms with Gasteiger partial charge in [0.1, 0.15) is 5.82 Å². The van der Waals surface area contributed by atoms with Crippen LogP contribution in [-0.2, 0) is 18.2 Å². The number of alkyl halides is 1. The van der Waals surface area contributed by atoms with Gasteiger partial charge in [0, 0.05) is 24.4 Å². The van der Waals surface area contributed by atoms with Crippen LogP contribution in [0.2, 0.25) is 0 Å². The normalized spacial score (nSPS) is 10.9. The summed E-state index contributed by atoms with van der Waals surface area (Å²) in [7, 11) is 0. The number of halogens is 1. The number of aromatic nitrogens is 4. The minimum atomic E-state index is 0.819. The van der Waals surface area contributed by atoms with Gasteiger partial charge in [0.05, 0.1) is 0 Å². The Labute approximate surface area is 116 Å². The molecule has 0 N–H and O–H groups in total. The van der Waals surface area contributed by atoms with Crippen LogP contribution in [0.5, 0.6) is 0 Å². The van der Waals surface area contributed by atoms with E-state index >= 15 is 0 Å². The lowest BCUT2D eigenvalue weighted by Crippen LogP contribution is -2.07. The molecule has 0 spiro atoms. The molecule has 0 fully saturated rings. The molecule has 0 atom stereocenters. The largest absolute Gasteiger partial charge is 0.236 e. The van der Waals surface area contributed by atoms with Crippen molar-refractivity contribution >= 4 is 15.9 Å². The lowest BCUT2D eigenvalue weighted by molar-refractivity contribution is 0.762. The minimum absolute atomic E-state index is 0.819. The fourth-order valence-electron chi connectivity index (χ4n) is 1.86. The topological polar surface area (TPSA) is 43.6 Å². The average Bonchev–Trinajstić information content (AvgIpc) is 2.81. The Morgan fingerprint density at radius 3 is 2.61 bits per heavy atom. The summed E-state index contributed by atoms with van der Waals surface area (Å²) in [5, 5.41) is 5.34. The molecule has 0 saturated carbocycles. The van der Waals surface area contributed by atoms with E-state index in [1.165, 1.54) is 5.56 Å². The van der Waals surface area contributed by atoms with E-state index in [9.17, 15) is 0 Å². The molecule has 0 aliphatic heterocycles. The van der Waals surface area contributed by atoms with Crippen molar-refractivity contribution in [3.05, 3.63) is 35.0 Å².